The number of rotatable bonds is 9. The monoisotopic (exact) mass is 539 g/mol. The molecule has 0 unspecified atom stereocenters. The number of hydrogen-bond acceptors (Lipinski definition) is 11. The molecule has 4 heterocycles. The Balaban J connectivity index is 1.12. The first-order valence-corrected chi connectivity index (χ1v) is 11.8. The highest BCUT2D eigenvalue weighted by molar-refractivity contribution is 5.95. The van der Waals surface area contributed by atoms with Crippen LogP contribution in [-0.4, -0.2) is 74.9 Å². The van der Waals surface area contributed by atoms with E-state index in [0.717, 1.165) is 6.07 Å². The van der Waals surface area contributed by atoms with Crippen molar-refractivity contribution < 1.29 is 27.9 Å². The van der Waals surface area contributed by atoms with Crippen LogP contribution in [0.3, 0.4) is 0 Å². The zero-order valence-electron chi connectivity index (χ0n) is 20.3. The van der Waals surface area contributed by atoms with Gasteiger partial charge >= 0.3 is 5.82 Å². The molecule has 0 radical (unpaired) electrons. The molecule has 1 saturated heterocycles. The van der Waals surface area contributed by atoms with E-state index in [-0.39, 0.29) is 18.1 Å². The lowest BCUT2D eigenvalue weighted by molar-refractivity contribution is -0.389. The largest absolute Gasteiger partial charge is 0.366 e. The molecule has 1 fully saturated rings. The van der Waals surface area contributed by atoms with Crippen LogP contribution in [0.15, 0.2) is 51.7 Å². The molecule has 39 heavy (non-hydrogen) atoms. The van der Waals surface area contributed by atoms with Crippen LogP contribution in [0.4, 0.5) is 21.7 Å². The van der Waals surface area contributed by atoms with E-state index in [0.29, 0.717) is 61.2 Å². The van der Waals surface area contributed by atoms with Gasteiger partial charge in [-0.2, -0.15) is 0 Å². The van der Waals surface area contributed by atoms with Crippen LogP contribution in [0.2, 0.25) is 0 Å². The first-order valence-electron chi connectivity index (χ1n) is 11.8. The maximum atomic E-state index is 15.0. The second-order valence-electron chi connectivity index (χ2n) is 8.53. The van der Waals surface area contributed by atoms with E-state index in [2.05, 4.69) is 31.1 Å². The van der Waals surface area contributed by atoms with Gasteiger partial charge in [0.2, 0.25) is 5.91 Å². The fourth-order valence-corrected chi connectivity index (χ4v) is 4.01. The molecular weight excluding hydrogens is 517 g/mol. The summed E-state index contributed by atoms with van der Waals surface area (Å²) in [6, 6.07) is 9.15. The molecule has 1 aromatic carbocycles. The fourth-order valence-electron chi connectivity index (χ4n) is 4.01. The van der Waals surface area contributed by atoms with Crippen molar-refractivity contribution in [3.8, 4) is 11.3 Å². The predicted octanol–water partition coefficient (Wildman–Crippen LogP) is 1.79. The summed E-state index contributed by atoms with van der Waals surface area (Å²) in [5.74, 6) is -0.803. The van der Waals surface area contributed by atoms with Gasteiger partial charge in [-0.15, -0.1) is 5.10 Å². The van der Waals surface area contributed by atoms with Crippen molar-refractivity contribution in [3.05, 3.63) is 70.0 Å². The Bertz CT molecular complexity index is 1480. The van der Waals surface area contributed by atoms with Crippen molar-refractivity contribution in [2.45, 2.75) is 6.54 Å². The third-order valence-electron chi connectivity index (χ3n) is 6.05. The number of carbonyl (C=O) groups excluding carboxylic acids is 2. The van der Waals surface area contributed by atoms with E-state index >= 15 is 4.39 Å². The Hall–Kier alpha value is -5.28. The van der Waals surface area contributed by atoms with E-state index < -0.39 is 22.5 Å². The normalized spacial score (nSPS) is 13.4. The number of carbonyl (C=O) groups is 2. The number of nitrogens with zero attached hydrogens (tertiary/aromatic N) is 6. The molecule has 5 rings (SSSR count). The summed E-state index contributed by atoms with van der Waals surface area (Å²) >= 11 is 0. The minimum absolute atomic E-state index is 0.191. The molecular formula is C23H22FN9O6. The van der Waals surface area contributed by atoms with E-state index in [4.69, 9.17) is 9.05 Å². The number of amides is 2. The molecule has 15 nitrogen and oxygen atoms in total. The molecule has 2 amide bonds. The van der Waals surface area contributed by atoms with Gasteiger partial charge in [0.25, 0.3) is 5.91 Å². The summed E-state index contributed by atoms with van der Waals surface area (Å²) in [6.45, 7) is 1.48. The Labute approximate surface area is 219 Å². The third kappa shape index (κ3) is 5.84. The summed E-state index contributed by atoms with van der Waals surface area (Å²) in [4.78, 5) is 38.0. The van der Waals surface area contributed by atoms with Crippen molar-refractivity contribution >= 4 is 29.1 Å². The lowest BCUT2D eigenvalue weighted by Gasteiger charge is -2.36. The van der Waals surface area contributed by atoms with E-state index in [1.54, 1.807) is 29.2 Å². The van der Waals surface area contributed by atoms with E-state index in [1.165, 1.54) is 12.3 Å². The molecule has 1 aliphatic rings. The van der Waals surface area contributed by atoms with Crippen molar-refractivity contribution in [2.24, 2.45) is 0 Å². The highest BCUT2D eigenvalue weighted by Crippen LogP contribution is 2.27. The zero-order chi connectivity index (χ0) is 27.4. The van der Waals surface area contributed by atoms with Gasteiger partial charge in [0, 0.05) is 43.9 Å². The van der Waals surface area contributed by atoms with Gasteiger partial charge in [0.05, 0.1) is 24.8 Å². The number of aromatic amines is 1. The van der Waals surface area contributed by atoms with Crippen molar-refractivity contribution in [1.29, 1.82) is 0 Å². The van der Waals surface area contributed by atoms with Gasteiger partial charge in [-0.25, -0.2) is 4.39 Å². The fraction of sp³-hybridized carbons (Fsp3) is 0.261. The maximum absolute atomic E-state index is 15.0. The average Bonchev–Trinajstić information content (AvgIpc) is 3.72. The first kappa shape index (κ1) is 25.4. The summed E-state index contributed by atoms with van der Waals surface area (Å²) in [7, 11) is 0. The van der Waals surface area contributed by atoms with Crippen LogP contribution < -0.4 is 15.5 Å². The van der Waals surface area contributed by atoms with Gasteiger partial charge in [-0.1, -0.05) is 21.5 Å². The van der Waals surface area contributed by atoms with Crippen LogP contribution in [0.25, 0.3) is 11.3 Å². The summed E-state index contributed by atoms with van der Waals surface area (Å²) in [6.07, 6.45) is 1.44. The second kappa shape index (κ2) is 11.0. The lowest BCUT2D eigenvalue weighted by atomic mass is 10.1. The minimum atomic E-state index is -0.712. The van der Waals surface area contributed by atoms with E-state index in [1.807, 2.05) is 4.90 Å². The Morgan fingerprint density at radius 3 is 2.64 bits per heavy atom. The van der Waals surface area contributed by atoms with Gasteiger partial charge in [0.1, 0.15) is 17.8 Å². The van der Waals surface area contributed by atoms with Gasteiger partial charge in [0.15, 0.2) is 17.3 Å². The van der Waals surface area contributed by atoms with Crippen LogP contribution in [0.1, 0.15) is 16.2 Å². The van der Waals surface area contributed by atoms with Gasteiger partial charge < -0.3 is 39.6 Å². The van der Waals surface area contributed by atoms with Crippen molar-refractivity contribution in [1.82, 2.24) is 30.7 Å². The zero-order valence-corrected chi connectivity index (χ0v) is 20.3. The number of H-pyrrole nitrogens is 1. The van der Waals surface area contributed by atoms with Crippen LogP contribution in [0.5, 0.6) is 0 Å². The number of nitro groups is 1. The van der Waals surface area contributed by atoms with Gasteiger partial charge in [-0.05, 0) is 17.1 Å². The Kier molecular flexibility index (Phi) is 7.15. The Morgan fingerprint density at radius 2 is 1.95 bits per heavy atom. The SMILES string of the molecule is O=C(NCC(=O)N1CCN(c2ccc(-c3cc(CNc4ccon4)on3)cc2F)CC1)c1cc([N+](=O)[O-])[nH]n1. The van der Waals surface area contributed by atoms with Gasteiger partial charge in [-0.3, -0.25) is 9.59 Å². The molecule has 1 aliphatic heterocycles. The highest BCUT2D eigenvalue weighted by atomic mass is 19.1. The predicted molar refractivity (Wildman–Crippen MR) is 132 cm³/mol. The summed E-state index contributed by atoms with van der Waals surface area (Å²) in [5.41, 5.74) is 1.25. The second-order valence-corrected chi connectivity index (χ2v) is 8.53. The van der Waals surface area contributed by atoms with Crippen molar-refractivity contribution in [3.63, 3.8) is 0 Å². The molecule has 16 heteroatoms. The van der Waals surface area contributed by atoms with Crippen molar-refractivity contribution in [2.75, 3.05) is 42.9 Å². The maximum Gasteiger partial charge on any atom is 0.343 e. The number of nitrogens with one attached hydrogen (secondary N) is 3. The highest BCUT2D eigenvalue weighted by Gasteiger charge is 2.24. The quantitative estimate of drug-likeness (QED) is 0.208. The number of piperazine rings is 1. The standard InChI is InChI=1S/C23H22FN9O6/c24-16-9-14(17-10-15(39-29-17)12-25-20-3-8-38-30-20)1-2-19(16)31-4-6-32(7-5-31)22(34)13-26-23(35)18-11-21(28-27-18)33(36)37/h1-3,8-11H,4-7,12-13H2,(H,25,30)(H,26,35)(H,27,28). The molecule has 3 N–H and O–H groups in total. The van der Waals surface area contributed by atoms with E-state index in [9.17, 15) is 19.7 Å². The minimum Gasteiger partial charge on any atom is -0.366 e. The molecule has 3 aromatic heterocycles. The molecule has 0 atom stereocenters. The number of hydrogen-bond donors (Lipinski definition) is 3. The topological polar surface area (TPSA) is 189 Å². The molecule has 4 aromatic rings. The molecule has 0 aliphatic carbocycles. The molecule has 0 bridgehead atoms. The molecule has 0 spiro atoms. The first-order chi connectivity index (χ1) is 18.9. The number of anilines is 2. The van der Waals surface area contributed by atoms with Crippen LogP contribution in [0, 0.1) is 15.9 Å². The third-order valence-corrected chi connectivity index (χ3v) is 6.05. The van der Waals surface area contributed by atoms with Crippen LogP contribution in [-0.2, 0) is 11.3 Å². The Morgan fingerprint density at radius 1 is 1.13 bits per heavy atom. The summed E-state index contributed by atoms with van der Waals surface area (Å²) in [5, 5.41) is 29.6. The number of halogens is 1. The number of aromatic nitrogens is 4. The average molecular weight is 539 g/mol. The number of benzene rings is 1. The smallest absolute Gasteiger partial charge is 0.343 e. The summed E-state index contributed by atoms with van der Waals surface area (Å²) < 4.78 is 25.1. The van der Waals surface area contributed by atoms with Crippen LogP contribution >= 0.6 is 0 Å². The molecule has 0 saturated carbocycles. The lowest BCUT2D eigenvalue weighted by Crippen LogP contribution is -2.51. The molecule has 202 valence electrons.